The van der Waals surface area contributed by atoms with Gasteiger partial charge in [-0.3, -0.25) is 0 Å². The third-order valence-corrected chi connectivity index (χ3v) is 5.13. The summed E-state index contributed by atoms with van der Waals surface area (Å²) in [6.07, 6.45) is 0.503. The third kappa shape index (κ3) is 4.42. The molecule has 7 nitrogen and oxygen atoms in total. The van der Waals surface area contributed by atoms with Crippen molar-refractivity contribution >= 4 is 5.97 Å². The zero-order chi connectivity index (χ0) is 23.3. The van der Waals surface area contributed by atoms with Crippen LogP contribution < -0.4 is 23.7 Å². The predicted octanol–water partition coefficient (Wildman–Crippen LogP) is 5.11. The van der Waals surface area contributed by atoms with Crippen LogP contribution in [0.5, 0.6) is 34.5 Å². The third-order valence-electron chi connectivity index (χ3n) is 5.13. The van der Waals surface area contributed by atoms with Crippen LogP contribution in [0.2, 0.25) is 0 Å². The van der Waals surface area contributed by atoms with Gasteiger partial charge in [-0.1, -0.05) is 24.3 Å². The lowest BCUT2D eigenvalue weighted by molar-refractivity contribution is 0.0694. The minimum Gasteiger partial charge on any atom is -0.492 e. The van der Waals surface area contributed by atoms with Gasteiger partial charge in [0.1, 0.15) is 17.1 Å². The number of carbonyl (C=O) groups is 1. The standard InChI is InChI=1S/C25H26O7/c1-15-19(22(29-3)24(31-5)23(30-4)21(15)28-2)14-16-9-8-10-17(13-16)32-20-12-7-6-11-18(20)25(26)27/h6-13H,14H2,1-5H3,(H,26,27). The van der Waals surface area contributed by atoms with Crippen LogP contribution in [0.4, 0.5) is 0 Å². The zero-order valence-electron chi connectivity index (χ0n) is 18.7. The van der Waals surface area contributed by atoms with E-state index in [1.807, 2.05) is 25.1 Å². The molecule has 7 heteroatoms. The molecule has 0 aliphatic rings. The second-order valence-corrected chi connectivity index (χ2v) is 6.96. The molecule has 0 spiro atoms. The van der Waals surface area contributed by atoms with E-state index in [9.17, 15) is 9.90 Å². The average Bonchev–Trinajstić information content (AvgIpc) is 2.80. The van der Waals surface area contributed by atoms with Crippen molar-refractivity contribution in [2.45, 2.75) is 13.3 Å². The fraction of sp³-hybridized carbons (Fsp3) is 0.240. The minimum atomic E-state index is -1.05. The summed E-state index contributed by atoms with van der Waals surface area (Å²) in [5.41, 5.74) is 2.78. The van der Waals surface area contributed by atoms with Gasteiger partial charge in [-0.15, -0.1) is 0 Å². The Balaban J connectivity index is 2.01. The second kappa shape index (κ2) is 9.96. The van der Waals surface area contributed by atoms with Gasteiger partial charge < -0.3 is 28.8 Å². The number of hydrogen-bond acceptors (Lipinski definition) is 6. The highest BCUT2D eigenvalue weighted by Crippen LogP contribution is 2.49. The molecule has 0 aliphatic carbocycles. The van der Waals surface area contributed by atoms with Crippen molar-refractivity contribution in [1.82, 2.24) is 0 Å². The van der Waals surface area contributed by atoms with E-state index < -0.39 is 5.97 Å². The molecule has 3 aromatic rings. The van der Waals surface area contributed by atoms with Crippen LogP contribution in [0, 0.1) is 6.92 Å². The molecule has 3 aromatic carbocycles. The molecule has 0 fully saturated rings. The highest BCUT2D eigenvalue weighted by atomic mass is 16.5. The number of rotatable bonds is 9. The van der Waals surface area contributed by atoms with Gasteiger partial charge >= 0.3 is 5.97 Å². The quantitative estimate of drug-likeness (QED) is 0.497. The number of carboxylic acid groups (broad SMARTS) is 1. The van der Waals surface area contributed by atoms with Crippen molar-refractivity contribution in [1.29, 1.82) is 0 Å². The van der Waals surface area contributed by atoms with Crippen LogP contribution in [0.15, 0.2) is 48.5 Å². The SMILES string of the molecule is COc1c(C)c(Cc2cccc(Oc3ccccc3C(=O)O)c2)c(OC)c(OC)c1OC. The lowest BCUT2D eigenvalue weighted by Crippen LogP contribution is -2.05. The smallest absolute Gasteiger partial charge is 0.339 e. The predicted molar refractivity (Wildman–Crippen MR) is 120 cm³/mol. The van der Waals surface area contributed by atoms with Crippen LogP contribution in [-0.2, 0) is 6.42 Å². The van der Waals surface area contributed by atoms with E-state index in [0.717, 1.165) is 16.7 Å². The summed E-state index contributed by atoms with van der Waals surface area (Å²) in [7, 11) is 6.26. The van der Waals surface area contributed by atoms with Crippen LogP contribution in [0.25, 0.3) is 0 Å². The van der Waals surface area contributed by atoms with Crippen LogP contribution in [0.3, 0.4) is 0 Å². The van der Waals surface area contributed by atoms with Gasteiger partial charge in [0.05, 0.1) is 28.4 Å². The van der Waals surface area contributed by atoms with Crippen molar-refractivity contribution < 1.29 is 33.6 Å². The Hall–Kier alpha value is -3.87. The average molecular weight is 438 g/mol. The second-order valence-electron chi connectivity index (χ2n) is 6.96. The highest BCUT2D eigenvalue weighted by molar-refractivity contribution is 5.90. The molecule has 0 saturated carbocycles. The topological polar surface area (TPSA) is 83.5 Å². The maximum Gasteiger partial charge on any atom is 0.339 e. The summed E-state index contributed by atoms with van der Waals surface area (Å²) < 4.78 is 28.2. The van der Waals surface area contributed by atoms with Crippen molar-refractivity contribution in [3.63, 3.8) is 0 Å². The Labute approximate surface area is 187 Å². The number of hydrogen-bond donors (Lipinski definition) is 1. The van der Waals surface area contributed by atoms with Gasteiger partial charge in [0.2, 0.25) is 11.5 Å². The molecule has 0 aliphatic heterocycles. The molecule has 0 radical (unpaired) electrons. The Bertz CT molecular complexity index is 1120. The van der Waals surface area contributed by atoms with E-state index in [-0.39, 0.29) is 11.3 Å². The summed E-state index contributed by atoms with van der Waals surface area (Å²) in [5, 5.41) is 9.39. The monoisotopic (exact) mass is 438 g/mol. The molecular formula is C25H26O7. The van der Waals surface area contributed by atoms with Crippen molar-refractivity contribution in [2.24, 2.45) is 0 Å². The van der Waals surface area contributed by atoms with E-state index in [1.54, 1.807) is 52.7 Å². The summed E-state index contributed by atoms with van der Waals surface area (Å²) in [5.74, 6) is 1.81. The number of ether oxygens (including phenoxy) is 5. The van der Waals surface area contributed by atoms with E-state index in [0.29, 0.717) is 35.2 Å². The molecule has 0 aromatic heterocycles. The first-order valence-corrected chi connectivity index (χ1v) is 9.89. The summed E-state index contributed by atoms with van der Waals surface area (Å²) in [4.78, 5) is 11.5. The van der Waals surface area contributed by atoms with Gasteiger partial charge in [0.25, 0.3) is 0 Å². The van der Waals surface area contributed by atoms with E-state index in [4.69, 9.17) is 23.7 Å². The Morgan fingerprint density at radius 2 is 1.44 bits per heavy atom. The lowest BCUT2D eigenvalue weighted by Gasteiger charge is -2.21. The Kier molecular flexibility index (Phi) is 7.10. The molecule has 0 amide bonds. The van der Waals surface area contributed by atoms with E-state index in [2.05, 4.69) is 0 Å². The minimum absolute atomic E-state index is 0.0973. The first-order chi connectivity index (χ1) is 15.4. The number of methoxy groups -OCH3 is 4. The fourth-order valence-corrected chi connectivity index (χ4v) is 3.65. The van der Waals surface area contributed by atoms with Crippen molar-refractivity contribution in [2.75, 3.05) is 28.4 Å². The summed E-state index contributed by atoms with van der Waals surface area (Å²) in [6, 6.07) is 14.0. The van der Waals surface area contributed by atoms with Gasteiger partial charge in [-0.2, -0.15) is 0 Å². The molecule has 168 valence electrons. The first kappa shape index (κ1) is 22.8. The lowest BCUT2D eigenvalue weighted by atomic mass is 9.97. The largest absolute Gasteiger partial charge is 0.492 e. The van der Waals surface area contributed by atoms with Gasteiger partial charge in [-0.25, -0.2) is 4.79 Å². The molecule has 1 N–H and O–H groups in total. The molecule has 0 bridgehead atoms. The Morgan fingerprint density at radius 1 is 0.812 bits per heavy atom. The van der Waals surface area contributed by atoms with Crippen molar-refractivity contribution in [3.05, 3.63) is 70.8 Å². The number of para-hydroxylation sites is 1. The maximum absolute atomic E-state index is 11.5. The van der Waals surface area contributed by atoms with E-state index in [1.165, 1.54) is 6.07 Å². The molecule has 0 unspecified atom stereocenters. The number of aromatic carboxylic acids is 1. The molecular weight excluding hydrogens is 412 g/mol. The summed E-state index contributed by atoms with van der Waals surface area (Å²) >= 11 is 0. The fourth-order valence-electron chi connectivity index (χ4n) is 3.65. The van der Waals surface area contributed by atoms with Crippen LogP contribution in [0.1, 0.15) is 27.0 Å². The van der Waals surface area contributed by atoms with Gasteiger partial charge in [-0.05, 0) is 36.8 Å². The molecule has 0 heterocycles. The molecule has 32 heavy (non-hydrogen) atoms. The van der Waals surface area contributed by atoms with Crippen LogP contribution >= 0.6 is 0 Å². The van der Waals surface area contributed by atoms with Crippen LogP contribution in [-0.4, -0.2) is 39.5 Å². The maximum atomic E-state index is 11.5. The Morgan fingerprint density at radius 3 is 2.06 bits per heavy atom. The normalized spacial score (nSPS) is 10.4. The van der Waals surface area contributed by atoms with Gasteiger partial charge in [0.15, 0.2) is 11.5 Å². The molecule has 3 rings (SSSR count). The van der Waals surface area contributed by atoms with Crippen molar-refractivity contribution in [3.8, 4) is 34.5 Å². The van der Waals surface area contributed by atoms with E-state index >= 15 is 0 Å². The van der Waals surface area contributed by atoms with Gasteiger partial charge in [0, 0.05) is 17.5 Å². The zero-order valence-corrected chi connectivity index (χ0v) is 18.7. The molecule has 0 atom stereocenters. The number of carboxylic acids is 1. The highest BCUT2D eigenvalue weighted by Gasteiger charge is 2.25. The molecule has 0 saturated heterocycles. The number of benzene rings is 3. The first-order valence-electron chi connectivity index (χ1n) is 9.89. The summed E-state index contributed by atoms with van der Waals surface area (Å²) in [6.45, 7) is 1.93.